The van der Waals surface area contributed by atoms with Gasteiger partial charge in [-0.3, -0.25) is 9.25 Å². The third-order valence-electron chi connectivity index (χ3n) is 4.15. The highest BCUT2D eigenvalue weighted by atomic mass is 16.2. The predicted molar refractivity (Wildman–Crippen MR) is 96.1 cm³/mol. The zero-order valence-corrected chi connectivity index (χ0v) is 14.7. The molecule has 2 heterocycles. The maximum absolute atomic E-state index is 12.4. The molecule has 0 saturated carbocycles. The van der Waals surface area contributed by atoms with Crippen molar-refractivity contribution in [3.05, 3.63) is 47.7 Å². The van der Waals surface area contributed by atoms with Gasteiger partial charge in [0.05, 0.1) is 5.69 Å². The Bertz CT molecular complexity index is 896. The van der Waals surface area contributed by atoms with E-state index >= 15 is 0 Å². The number of rotatable bonds is 4. The molecule has 2 amide bonds. The first-order chi connectivity index (χ1) is 12.0. The summed E-state index contributed by atoms with van der Waals surface area (Å²) in [5.74, 6) is 0.583. The summed E-state index contributed by atoms with van der Waals surface area (Å²) in [6, 6.07) is 5.48. The first-order valence-corrected chi connectivity index (χ1v) is 8.07. The van der Waals surface area contributed by atoms with Crippen LogP contribution in [0, 0.1) is 20.8 Å². The first-order valence-electron chi connectivity index (χ1n) is 8.07. The van der Waals surface area contributed by atoms with Crippen LogP contribution in [0.25, 0.3) is 5.82 Å². The molecule has 3 rings (SSSR count). The van der Waals surface area contributed by atoms with Crippen molar-refractivity contribution in [1.29, 1.82) is 0 Å². The maximum Gasteiger partial charge on any atom is 0.323 e. The van der Waals surface area contributed by atoms with Gasteiger partial charge in [-0.15, -0.1) is 10.2 Å². The molecule has 2 N–H and O–H groups in total. The third kappa shape index (κ3) is 3.37. The summed E-state index contributed by atoms with van der Waals surface area (Å²) >= 11 is 0. The number of hydrogen-bond acceptors (Lipinski definition) is 4. The van der Waals surface area contributed by atoms with Crippen LogP contribution in [0.4, 0.5) is 16.2 Å². The van der Waals surface area contributed by atoms with E-state index < -0.39 is 0 Å². The minimum absolute atomic E-state index is 0.323. The van der Waals surface area contributed by atoms with Gasteiger partial charge in [0.25, 0.3) is 0 Å². The minimum Gasteiger partial charge on any atom is -0.308 e. The molecule has 0 saturated heterocycles. The minimum atomic E-state index is -0.323. The van der Waals surface area contributed by atoms with E-state index in [1.165, 1.54) is 5.56 Å². The fraction of sp³-hybridized carbons (Fsp3) is 0.294. The molecule has 25 heavy (non-hydrogen) atoms. The van der Waals surface area contributed by atoms with Crippen LogP contribution >= 0.6 is 0 Å². The summed E-state index contributed by atoms with van der Waals surface area (Å²) in [5.41, 5.74) is 4.54. The summed E-state index contributed by atoms with van der Waals surface area (Å²) in [5, 5.41) is 17.9. The first kappa shape index (κ1) is 16.7. The third-order valence-corrected chi connectivity index (χ3v) is 4.15. The summed E-state index contributed by atoms with van der Waals surface area (Å²) in [4.78, 5) is 12.4. The molecule has 8 heteroatoms. The standard InChI is InChI=1S/C17H21N7O/c1-5-24-13(4)15(16(22-24)23-9-18-19-10-23)21-17(25)20-14-7-6-11(2)12(3)8-14/h6-10H,5H2,1-4H3,(H2,20,21,25). The van der Waals surface area contributed by atoms with Crippen molar-refractivity contribution >= 4 is 17.4 Å². The van der Waals surface area contributed by atoms with Crippen LogP contribution in [-0.4, -0.2) is 30.6 Å². The van der Waals surface area contributed by atoms with Crippen LogP contribution in [0.15, 0.2) is 30.9 Å². The summed E-state index contributed by atoms with van der Waals surface area (Å²) in [6.45, 7) is 8.65. The Morgan fingerprint density at radius 2 is 1.80 bits per heavy atom. The molecule has 1 aromatic carbocycles. The molecule has 130 valence electrons. The predicted octanol–water partition coefficient (Wildman–Crippen LogP) is 3.05. The van der Waals surface area contributed by atoms with Crippen molar-refractivity contribution < 1.29 is 4.79 Å². The van der Waals surface area contributed by atoms with E-state index in [1.54, 1.807) is 17.2 Å². The number of carbonyl (C=O) groups excluding carboxylic acids is 1. The van der Waals surface area contributed by atoms with Crippen LogP contribution in [0.3, 0.4) is 0 Å². The fourth-order valence-electron chi connectivity index (χ4n) is 2.57. The maximum atomic E-state index is 12.4. The summed E-state index contributed by atoms with van der Waals surface area (Å²) in [6.07, 6.45) is 3.10. The molecular formula is C17H21N7O. The van der Waals surface area contributed by atoms with E-state index in [0.717, 1.165) is 16.9 Å². The van der Waals surface area contributed by atoms with Crippen molar-refractivity contribution in [2.75, 3.05) is 10.6 Å². The van der Waals surface area contributed by atoms with Gasteiger partial charge < -0.3 is 10.6 Å². The highest BCUT2D eigenvalue weighted by molar-refractivity contribution is 6.01. The second-order valence-electron chi connectivity index (χ2n) is 5.85. The van der Waals surface area contributed by atoms with Crippen molar-refractivity contribution in [2.45, 2.75) is 34.2 Å². The Kier molecular flexibility index (Phi) is 4.51. The van der Waals surface area contributed by atoms with Gasteiger partial charge in [0.15, 0.2) is 5.82 Å². The van der Waals surface area contributed by atoms with Crippen LogP contribution in [0.2, 0.25) is 0 Å². The lowest BCUT2D eigenvalue weighted by atomic mass is 10.1. The number of hydrogen-bond donors (Lipinski definition) is 2. The van der Waals surface area contributed by atoms with Gasteiger partial charge in [-0.1, -0.05) is 6.07 Å². The van der Waals surface area contributed by atoms with Crippen LogP contribution in [0.1, 0.15) is 23.7 Å². The molecule has 2 aromatic heterocycles. The molecule has 0 atom stereocenters. The molecule has 0 unspecified atom stereocenters. The van der Waals surface area contributed by atoms with E-state index in [1.807, 2.05) is 50.6 Å². The second-order valence-corrected chi connectivity index (χ2v) is 5.85. The van der Waals surface area contributed by atoms with Gasteiger partial charge in [0.2, 0.25) is 0 Å². The largest absolute Gasteiger partial charge is 0.323 e. The van der Waals surface area contributed by atoms with Crippen LogP contribution < -0.4 is 10.6 Å². The number of aryl methyl sites for hydroxylation is 3. The number of nitrogens with zero attached hydrogens (tertiary/aromatic N) is 5. The molecule has 8 nitrogen and oxygen atoms in total. The molecule has 0 spiro atoms. The van der Waals surface area contributed by atoms with Gasteiger partial charge in [-0.2, -0.15) is 5.10 Å². The second kappa shape index (κ2) is 6.76. The van der Waals surface area contributed by atoms with Crippen molar-refractivity contribution in [3.63, 3.8) is 0 Å². The average molecular weight is 339 g/mol. The number of nitrogens with one attached hydrogen (secondary N) is 2. The van der Waals surface area contributed by atoms with E-state index in [2.05, 4.69) is 25.9 Å². The number of carbonyl (C=O) groups is 1. The Morgan fingerprint density at radius 3 is 2.44 bits per heavy atom. The zero-order valence-electron chi connectivity index (χ0n) is 14.7. The van der Waals surface area contributed by atoms with E-state index in [9.17, 15) is 4.79 Å². The van der Waals surface area contributed by atoms with E-state index in [4.69, 9.17) is 0 Å². The molecule has 0 radical (unpaired) electrons. The van der Waals surface area contributed by atoms with Crippen molar-refractivity contribution in [3.8, 4) is 5.82 Å². The Hall–Kier alpha value is -3.16. The highest BCUT2D eigenvalue weighted by Crippen LogP contribution is 2.24. The Labute approximate surface area is 145 Å². The van der Waals surface area contributed by atoms with Crippen molar-refractivity contribution in [2.24, 2.45) is 0 Å². The molecule has 0 bridgehead atoms. The van der Waals surface area contributed by atoms with Gasteiger partial charge in [0.1, 0.15) is 18.3 Å². The molecule has 0 aliphatic heterocycles. The number of urea groups is 1. The SMILES string of the molecule is CCn1nc(-n2cnnc2)c(NC(=O)Nc2ccc(C)c(C)c2)c1C. The summed E-state index contributed by atoms with van der Waals surface area (Å²) in [7, 11) is 0. The van der Waals surface area contributed by atoms with Crippen molar-refractivity contribution in [1.82, 2.24) is 24.5 Å². The molecule has 0 aliphatic carbocycles. The molecule has 0 aliphatic rings. The lowest BCUT2D eigenvalue weighted by Gasteiger charge is -2.10. The number of benzene rings is 1. The van der Waals surface area contributed by atoms with Gasteiger partial charge >= 0.3 is 6.03 Å². The van der Waals surface area contributed by atoms with E-state index in [0.29, 0.717) is 18.1 Å². The zero-order chi connectivity index (χ0) is 18.0. The topological polar surface area (TPSA) is 89.7 Å². The van der Waals surface area contributed by atoms with Gasteiger partial charge in [0, 0.05) is 12.2 Å². The quantitative estimate of drug-likeness (QED) is 0.764. The Balaban J connectivity index is 1.85. The molecule has 0 fully saturated rings. The smallest absolute Gasteiger partial charge is 0.308 e. The Morgan fingerprint density at radius 1 is 1.08 bits per heavy atom. The molecular weight excluding hydrogens is 318 g/mol. The highest BCUT2D eigenvalue weighted by Gasteiger charge is 2.18. The summed E-state index contributed by atoms with van der Waals surface area (Å²) < 4.78 is 3.49. The van der Waals surface area contributed by atoms with Crippen LogP contribution in [0.5, 0.6) is 0 Å². The van der Waals surface area contributed by atoms with Gasteiger partial charge in [-0.25, -0.2) is 4.79 Å². The molecule has 3 aromatic rings. The monoisotopic (exact) mass is 339 g/mol. The fourth-order valence-corrected chi connectivity index (χ4v) is 2.57. The average Bonchev–Trinajstić information content (AvgIpc) is 3.20. The van der Waals surface area contributed by atoms with E-state index in [-0.39, 0.29) is 6.03 Å². The number of aromatic nitrogens is 5. The lowest BCUT2D eigenvalue weighted by molar-refractivity contribution is 0.262. The number of amides is 2. The normalized spacial score (nSPS) is 10.7. The van der Waals surface area contributed by atoms with Crippen LogP contribution in [-0.2, 0) is 6.54 Å². The van der Waals surface area contributed by atoms with Gasteiger partial charge in [-0.05, 0) is 51.0 Å². The number of anilines is 2. The lowest BCUT2D eigenvalue weighted by Crippen LogP contribution is -2.20.